The Hall–Kier alpha value is -2.54. The summed E-state index contributed by atoms with van der Waals surface area (Å²) in [5.41, 5.74) is 7.32. The summed E-state index contributed by atoms with van der Waals surface area (Å²) < 4.78 is 11.0. The number of rotatable bonds is 6. The fraction of sp³-hybridized carbons (Fsp3) is 0.565. The van der Waals surface area contributed by atoms with Gasteiger partial charge < -0.3 is 25.3 Å². The summed E-state index contributed by atoms with van der Waals surface area (Å²) in [4.78, 5) is 27.8. The van der Waals surface area contributed by atoms with E-state index in [9.17, 15) is 14.7 Å². The Balaban J connectivity index is 1.15. The van der Waals surface area contributed by atoms with Gasteiger partial charge in [0.25, 0.3) is 0 Å². The van der Waals surface area contributed by atoms with Crippen molar-refractivity contribution < 1.29 is 24.2 Å². The molecule has 4 bridgehead atoms. The maximum absolute atomic E-state index is 12.4. The number of aromatic amines is 1. The molecule has 30 heavy (non-hydrogen) atoms. The number of fused-ring (bicyclic) bond motifs is 1. The number of aromatic hydroxyl groups is 1. The molecule has 1 aromatic heterocycles. The molecule has 0 spiro atoms. The average Bonchev–Trinajstić information content (AvgIpc) is 3.06. The van der Waals surface area contributed by atoms with Crippen LogP contribution in [0, 0.1) is 17.8 Å². The molecule has 4 N–H and O–H groups in total. The molecule has 7 heteroatoms. The average molecular weight is 412 g/mol. The number of benzene rings is 1. The van der Waals surface area contributed by atoms with Crippen molar-refractivity contribution in [3.8, 4) is 5.75 Å². The zero-order valence-corrected chi connectivity index (χ0v) is 16.9. The van der Waals surface area contributed by atoms with Crippen LogP contribution in [-0.2, 0) is 25.5 Å². The van der Waals surface area contributed by atoms with Gasteiger partial charge in [-0.15, -0.1) is 0 Å². The van der Waals surface area contributed by atoms with E-state index < -0.39 is 24.6 Å². The molecule has 7 nitrogen and oxygen atoms in total. The molecule has 0 unspecified atom stereocenters. The lowest BCUT2D eigenvalue weighted by Crippen LogP contribution is -2.53. The third-order valence-corrected chi connectivity index (χ3v) is 7.14. The zero-order valence-electron chi connectivity index (χ0n) is 16.9. The number of phenols is 1. The number of hydrogen-bond acceptors (Lipinski definition) is 6. The van der Waals surface area contributed by atoms with Gasteiger partial charge in [0.1, 0.15) is 17.4 Å². The predicted molar refractivity (Wildman–Crippen MR) is 110 cm³/mol. The lowest BCUT2D eigenvalue weighted by Gasteiger charge is -2.55. The van der Waals surface area contributed by atoms with Crippen LogP contribution in [-0.4, -0.2) is 40.3 Å². The third-order valence-electron chi connectivity index (χ3n) is 7.14. The van der Waals surface area contributed by atoms with Gasteiger partial charge in [0.15, 0.2) is 6.61 Å². The molecule has 4 saturated carbocycles. The van der Waals surface area contributed by atoms with Crippen LogP contribution in [0.3, 0.4) is 0 Å². The van der Waals surface area contributed by atoms with Gasteiger partial charge in [0, 0.05) is 23.5 Å². The topological polar surface area (TPSA) is 115 Å². The molecule has 160 valence electrons. The first kappa shape index (κ1) is 19.4. The summed E-state index contributed by atoms with van der Waals surface area (Å²) in [6.07, 6.45) is 8.67. The second-order valence-electron chi connectivity index (χ2n) is 9.54. The van der Waals surface area contributed by atoms with Crippen LogP contribution in [0.25, 0.3) is 10.9 Å². The number of hydrogen-bond donors (Lipinski definition) is 3. The van der Waals surface area contributed by atoms with Crippen molar-refractivity contribution in [2.75, 3.05) is 6.61 Å². The molecular formula is C23H28N2O5. The van der Waals surface area contributed by atoms with Crippen molar-refractivity contribution in [2.24, 2.45) is 23.5 Å². The minimum Gasteiger partial charge on any atom is -0.508 e. The van der Waals surface area contributed by atoms with E-state index in [0.29, 0.717) is 17.8 Å². The summed E-state index contributed by atoms with van der Waals surface area (Å²) in [6.45, 7) is -0.400. The van der Waals surface area contributed by atoms with Gasteiger partial charge in [-0.05, 0) is 80.0 Å². The largest absolute Gasteiger partial charge is 0.508 e. The third kappa shape index (κ3) is 3.67. The summed E-state index contributed by atoms with van der Waals surface area (Å²) in [7, 11) is 0. The minimum atomic E-state index is -0.904. The smallest absolute Gasteiger partial charge is 0.344 e. The molecular weight excluding hydrogens is 384 g/mol. The lowest BCUT2D eigenvalue weighted by atomic mass is 9.54. The first-order valence-electron chi connectivity index (χ1n) is 10.8. The van der Waals surface area contributed by atoms with Gasteiger partial charge in [-0.25, -0.2) is 4.79 Å². The second kappa shape index (κ2) is 7.30. The number of H-pyrrole nitrogens is 1. The molecule has 0 radical (unpaired) electrons. The van der Waals surface area contributed by atoms with E-state index in [2.05, 4.69) is 4.98 Å². The van der Waals surface area contributed by atoms with Crippen LogP contribution in [0.4, 0.5) is 0 Å². The van der Waals surface area contributed by atoms with Crippen molar-refractivity contribution in [2.45, 2.75) is 56.6 Å². The fourth-order valence-electron chi connectivity index (χ4n) is 6.32. The molecule has 1 aromatic carbocycles. The van der Waals surface area contributed by atoms with E-state index in [1.165, 1.54) is 19.3 Å². The predicted octanol–water partition coefficient (Wildman–Crippen LogP) is 2.80. The Bertz CT molecular complexity index is 946. The van der Waals surface area contributed by atoms with Crippen molar-refractivity contribution in [1.29, 1.82) is 0 Å². The van der Waals surface area contributed by atoms with Gasteiger partial charge in [-0.3, -0.25) is 4.79 Å². The van der Waals surface area contributed by atoms with E-state index in [-0.39, 0.29) is 17.8 Å². The van der Waals surface area contributed by atoms with Crippen LogP contribution < -0.4 is 5.73 Å². The van der Waals surface area contributed by atoms with Crippen LogP contribution >= 0.6 is 0 Å². The highest BCUT2D eigenvalue weighted by Crippen LogP contribution is 2.57. The number of nitrogens with two attached hydrogens (primary N) is 1. The van der Waals surface area contributed by atoms with Gasteiger partial charge >= 0.3 is 11.9 Å². The highest BCUT2D eigenvalue weighted by Gasteiger charge is 2.53. The molecule has 1 atom stereocenters. The maximum atomic E-state index is 12.4. The lowest BCUT2D eigenvalue weighted by molar-refractivity contribution is -0.192. The Kier molecular flexibility index (Phi) is 4.73. The molecule has 1 heterocycles. The van der Waals surface area contributed by atoms with Gasteiger partial charge in [0.2, 0.25) is 0 Å². The highest BCUT2D eigenvalue weighted by atomic mass is 16.6. The minimum absolute atomic E-state index is 0.145. The summed E-state index contributed by atoms with van der Waals surface area (Å²) in [6, 6.07) is 4.07. The molecule has 2 aromatic rings. The number of esters is 2. The monoisotopic (exact) mass is 412 g/mol. The van der Waals surface area contributed by atoms with Crippen LogP contribution in [0.1, 0.15) is 44.1 Å². The Morgan fingerprint density at radius 3 is 2.50 bits per heavy atom. The Morgan fingerprint density at radius 2 is 1.83 bits per heavy atom. The fourth-order valence-corrected chi connectivity index (χ4v) is 6.32. The van der Waals surface area contributed by atoms with Crippen molar-refractivity contribution in [3.05, 3.63) is 30.0 Å². The molecule has 6 rings (SSSR count). The standard InChI is InChI=1S/C23H28N2O5/c24-19(6-16-11-25-20-2-1-17(26)7-18(16)20)22(28)29-12-21(27)30-23-8-13-3-14(9-23)5-15(4-13)10-23/h1-2,7,11,13-15,19,25-26H,3-6,8-10,12,24H2/t13?,14?,15?,19-,23?/m0/s1. The number of ether oxygens (including phenoxy) is 2. The molecule has 4 aliphatic rings. The molecule has 0 saturated heterocycles. The van der Waals surface area contributed by atoms with Crippen molar-refractivity contribution in [3.63, 3.8) is 0 Å². The molecule has 4 aliphatic carbocycles. The Labute approximate surface area is 174 Å². The number of carbonyl (C=O) groups is 2. The SMILES string of the molecule is N[C@@H](Cc1c[nH]c2ccc(O)cc12)C(=O)OCC(=O)OC12CC3CC(CC(C3)C1)C2. The van der Waals surface area contributed by atoms with Crippen molar-refractivity contribution >= 4 is 22.8 Å². The second-order valence-corrected chi connectivity index (χ2v) is 9.54. The zero-order chi connectivity index (χ0) is 20.9. The van der Waals surface area contributed by atoms with E-state index in [1.807, 2.05) is 0 Å². The number of nitrogens with one attached hydrogen (secondary N) is 1. The first-order chi connectivity index (χ1) is 14.4. The maximum Gasteiger partial charge on any atom is 0.344 e. The van der Waals surface area contributed by atoms with Gasteiger partial charge in [-0.1, -0.05) is 0 Å². The number of phenolic OH excluding ortho intramolecular Hbond substituents is 1. The van der Waals surface area contributed by atoms with Gasteiger partial charge in [0.05, 0.1) is 0 Å². The van der Waals surface area contributed by atoms with Crippen LogP contribution in [0.15, 0.2) is 24.4 Å². The van der Waals surface area contributed by atoms with E-state index in [4.69, 9.17) is 15.2 Å². The summed E-state index contributed by atoms with van der Waals surface area (Å²) >= 11 is 0. The molecule has 0 amide bonds. The quantitative estimate of drug-likeness (QED) is 0.629. The van der Waals surface area contributed by atoms with Crippen molar-refractivity contribution in [1.82, 2.24) is 4.98 Å². The Morgan fingerprint density at radius 1 is 1.17 bits per heavy atom. The number of carbonyl (C=O) groups excluding carboxylic acids is 2. The van der Waals surface area contributed by atoms with E-state index >= 15 is 0 Å². The van der Waals surface area contributed by atoms with Crippen LogP contribution in [0.5, 0.6) is 5.75 Å². The first-order valence-corrected chi connectivity index (χ1v) is 10.8. The summed E-state index contributed by atoms with van der Waals surface area (Å²) in [5, 5.41) is 10.5. The normalized spacial score (nSPS) is 30.4. The summed E-state index contributed by atoms with van der Waals surface area (Å²) in [5.74, 6) is 1.07. The van der Waals surface area contributed by atoms with E-state index in [1.54, 1.807) is 24.4 Å². The van der Waals surface area contributed by atoms with Gasteiger partial charge in [-0.2, -0.15) is 0 Å². The highest BCUT2D eigenvalue weighted by molar-refractivity contribution is 5.86. The molecule has 4 fully saturated rings. The van der Waals surface area contributed by atoms with E-state index in [0.717, 1.165) is 35.7 Å². The number of aromatic nitrogens is 1. The molecule has 0 aliphatic heterocycles. The van der Waals surface area contributed by atoms with Crippen LogP contribution in [0.2, 0.25) is 0 Å².